The molecule has 0 N–H and O–H groups in total. The standard InChI is InChI=1S/C25H23N3O2S/c1-17-8-10-18(11-9-17)20-15-31-24-23(20)25(30)27(16-26-24)14-12-22(29)28-13-4-6-19-5-2-3-7-21(19)28/h2-3,5,7-11,15-16H,4,6,12-14H2,1H3. The van der Waals surface area contributed by atoms with Crippen molar-refractivity contribution in [3.05, 3.63) is 81.7 Å². The van der Waals surface area contributed by atoms with Crippen LogP contribution < -0.4 is 10.5 Å². The Morgan fingerprint density at radius 3 is 2.77 bits per heavy atom. The monoisotopic (exact) mass is 429 g/mol. The molecule has 1 amide bonds. The Hall–Kier alpha value is -3.25. The molecule has 0 atom stereocenters. The molecule has 6 heteroatoms. The van der Waals surface area contributed by atoms with Crippen LogP contribution in [0, 0.1) is 6.92 Å². The Bertz CT molecular complexity index is 1320. The average molecular weight is 430 g/mol. The van der Waals surface area contributed by atoms with Gasteiger partial charge in [-0.25, -0.2) is 4.98 Å². The lowest BCUT2D eigenvalue weighted by molar-refractivity contribution is -0.118. The number of hydrogen-bond donors (Lipinski definition) is 0. The van der Waals surface area contributed by atoms with Gasteiger partial charge in [-0.2, -0.15) is 0 Å². The van der Waals surface area contributed by atoms with E-state index in [9.17, 15) is 9.59 Å². The molecule has 4 aromatic rings. The molecule has 0 bridgehead atoms. The predicted molar refractivity (Wildman–Crippen MR) is 126 cm³/mol. The fourth-order valence-electron chi connectivity index (χ4n) is 4.22. The zero-order valence-electron chi connectivity index (χ0n) is 17.4. The molecular formula is C25H23N3O2S. The largest absolute Gasteiger partial charge is 0.312 e. The maximum absolute atomic E-state index is 13.2. The number of carbonyl (C=O) groups is 1. The van der Waals surface area contributed by atoms with Crippen LogP contribution in [0.5, 0.6) is 0 Å². The van der Waals surface area contributed by atoms with E-state index in [1.807, 2.05) is 59.7 Å². The molecule has 5 nitrogen and oxygen atoms in total. The quantitative estimate of drug-likeness (QED) is 0.468. The highest BCUT2D eigenvalue weighted by molar-refractivity contribution is 7.17. The molecule has 0 fully saturated rings. The summed E-state index contributed by atoms with van der Waals surface area (Å²) >= 11 is 1.48. The van der Waals surface area contributed by atoms with Gasteiger partial charge in [-0.1, -0.05) is 48.0 Å². The van der Waals surface area contributed by atoms with Gasteiger partial charge >= 0.3 is 0 Å². The summed E-state index contributed by atoms with van der Waals surface area (Å²) in [6, 6.07) is 16.2. The molecule has 2 aromatic heterocycles. The lowest BCUT2D eigenvalue weighted by atomic mass is 10.0. The van der Waals surface area contributed by atoms with Gasteiger partial charge in [-0.3, -0.25) is 14.2 Å². The van der Waals surface area contributed by atoms with Crippen molar-refractivity contribution in [1.29, 1.82) is 0 Å². The summed E-state index contributed by atoms with van der Waals surface area (Å²) in [5, 5.41) is 2.62. The van der Waals surface area contributed by atoms with Crippen LogP contribution in [0.3, 0.4) is 0 Å². The molecule has 0 unspecified atom stereocenters. The minimum absolute atomic E-state index is 0.0447. The number of thiophene rings is 1. The van der Waals surface area contributed by atoms with Crippen molar-refractivity contribution in [2.75, 3.05) is 11.4 Å². The molecule has 156 valence electrons. The molecule has 0 radical (unpaired) electrons. The lowest BCUT2D eigenvalue weighted by Crippen LogP contribution is -2.36. The number of amides is 1. The fraction of sp³-hybridized carbons (Fsp3) is 0.240. The summed E-state index contributed by atoms with van der Waals surface area (Å²) in [5.41, 5.74) is 5.21. The minimum atomic E-state index is -0.0892. The van der Waals surface area contributed by atoms with E-state index in [0.29, 0.717) is 11.9 Å². The first-order valence-electron chi connectivity index (χ1n) is 10.5. The van der Waals surface area contributed by atoms with Crippen molar-refractivity contribution in [2.45, 2.75) is 32.7 Å². The maximum Gasteiger partial charge on any atom is 0.262 e. The number of para-hydroxylation sites is 1. The maximum atomic E-state index is 13.2. The van der Waals surface area contributed by atoms with Crippen LogP contribution in [0.15, 0.2) is 65.0 Å². The Morgan fingerprint density at radius 1 is 1.13 bits per heavy atom. The number of benzene rings is 2. The lowest BCUT2D eigenvalue weighted by Gasteiger charge is -2.29. The molecule has 1 aliphatic rings. The highest BCUT2D eigenvalue weighted by atomic mass is 32.1. The smallest absolute Gasteiger partial charge is 0.262 e. The normalized spacial score (nSPS) is 13.4. The first kappa shape index (κ1) is 19.7. The van der Waals surface area contributed by atoms with E-state index < -0.39 is 0 Å². The third kappa shape index (κ3) is 3.68. The van der Waals surface area contributed by atoms with Crippen LogP contribution in [-0.2, 0) is 17.8 Å². The van der Waals surface area contributed by atoms with Gasteiger partial charge in [0.2, 0.25) is 5.91 Å². The van der Waals surface area contributed by atoms with Gasteiger partial charge in [-0.15, -0.1) is 11.3 Å². The van der Waals surface area contributed by atoms with Crippen molar-refractivity contribution >= 4 is 33.1 Å². The number of nitrogens with zero attached hydrogens (tertiary/aromatic N) is 3. The first-order valence-corrected chi connectivity index (χ1v) is 11.4. The summed E-state index contributed by atoms with van der Waals surface area (Å²) in [4.78, 5) is 33.3. The second-order valence-corrected chi connectivity index (χ2v) is 8.82. The summed E-state index contributed by atoms with van der Waals surface area (Å²) in [6.07, 6.45) is 3.80. The second kappa shape index (κ2) is 8.12. The summed E-state index contributed by atoms with van der Waals surface area (Å²) < 4.78 is 1.57. The van der Waals surface area contributed by atoms with Gasteiger partial charge in [-0.05, 0) is 37.0 Å². The molecule has 0 spiro atoms. The van der Waals surface area contributed by atoms with E-state index in [1.54, 1.807) is 10.9 Å². The summed E-state index contributed by atoms with van der Waals surface area (Å²) in [5.74, 6) is 0.0447. The van der Waals surface area contributed by atoms with Gasteiger partial charge in [0.05, 0.1) is 11.7 Å². The number of carbonyl (C=O) groups excluding carboxylic acids is 1. The van der Waals surface area contributed by atoms with E-state index in [2.05, 4.69) is 11.1 Å². The molecule has 5 rings (SSSR count). The van der Waals surface area contributed by atoms with Crippen molar-refractivity contribution in [2.24, 2.45) is 0 Å². The van der Waals surface area contributed by atoms with Crippen molar-refractivity contribution in [1.82, 2.24) is 9.55 Å². The van der Waals surface area contributed by atoms with Gasteiger partial charge in [0.15, 0.2) is 0 Å². The van der Waals surface area contributed by atoms with Crippen molar-refractivity contribution in [3.63, 3.8) is 0 Å². The fourth-order valence-corrected chi connectivity index (χ4v) is 5.12. The number of aryl methyl sites for hydroxylation is 3. The molecular weight excluding hydrogens is 406 g/mol. The molecule has 31 heavy (non-hydrogen) atoms. The van der Waals surface area contributed by atoms with Crippen LogP contribution in [0.4, 0.5) is 5.69 Å². The summed E-state index contributed by atoms with van der Waals surface area (Å²) in [6.45, 7) is 3.09. The topological polar surface area (TPSA) is 55.2 Å². The molecule has 0 saturated heterocycles. The van der Waals surface area contributed by atoms with Crippen LogP contribution in [0.1, 0.15) is 24.0 Å². The van der Waals surface area contributed by atoms with Crippen LogP contribution in [0.2, 0.25) is 0 Å². The molecule has 2 aromatic carbocycles. The number of rotatable bonds is 4. The SMILES string of the molecule is Cc1ccc(-c2csc3ncn(CCC(=O)N4CCCc5ccccc54)c(=O)c23)cc1. The van der Waals surface area contributed by atoms with E-state index in [1.165, 1.54) is 22.5 Å². The highest BCUT2D eigenvalue weighted by Crippen LogP contribution is 2.31. The van der Waals surface area contributed by atoms with E-state index in [-0.39, 0.29) is 17.9 Å². The van der Waals surface area contributed by atoms with Crippen LogP contribution >= 0.6 is 11.3 Å². The molecule has 3 heterocycles. The predicted octanol–water partition coefficient (Wildman–Crippen LogP) is 4.80. The van der Waals surface area contributed by atoms with E-state index in [4.69, 9.17) is 0 Å². The van der Waals surface area contributed by atoms with Crippen LogP contribution in [0.25, 0.3) is 21.3 Å². The number of hydrogen-bond acceptors (Lipinski definition) is 4. The number of anilines is 1. The zero-order valence-corrected chi connectivity index (χ0v) is 18.2. The van der Waals surface area contributed by atoms with Crippen molar-refractivity contribution in [3.8, 4) is 11.1 Å². The average Bonchev–Trinajstić information content (AvgIpc) is 3.23. The minimum Gasteiger partial charge on any atom is -0.312 e. The third-order valence-electron chi connectivity index (χ3n) is 5.90. The van der Waals surface area contributed by atoms with E-state index >= 15 is 0 Å². The third-order valence-corrected chi connectivity index (χ3v) is 6.79. The number of aromatic nitrogens is 2. The van der Waals surface area contributed by atoms with Crippen LogP contribution in [-0.4, -0.2) is 22.0 Å². The Labute approximate surface area is 184 Å². The Kier molecular flexibility index (Phi) is 5.16. The Balaban J connectivity index is 1.41. The second-order valence-electron chi connectivity index (χ2n) is 7.97. The number of fused-ring (bicyclic) bond motifs is 2. The molecule has 0 aliphatic carbocycles. The zero-order chi connectivity index (χ0) is 21.4. The van der Waals surface area contributed by atoms with E-state index in [0.717, 1.165) is 41.0 Å². The van der Waals surface area contributed by atoms with Gasteiger partial charge < -0.3 is 4.90 Å². The summed E-state index contributed by atoms with van der Waals surface area (Å²) in [7, 11) is 0. The van der Waals surface area contributed by atoms with Gasteiger partial charge in [0.1, 0.15) is 4.83 Å². The molecule has 1 aliphatic heterocycles. The van der Waals surface area contributed by atoms with Gasteiger partial charge in [0.25, 0.3) is 5.56 Å². The first-order chi connectivity index (χ1) is 15.1. The van der Waals surface area contributed by atoms with Gasteiger partial charge in [0, 0.05) is 36.1 Å². The highest BCUT2D eigenvalue weighted by Gasteiger charge is 2.22. The Morgan fingerprint density at radius 2 is 1.94 bits per heavy atom. The molecule has 0 saturated carbocycles. The van der Waals surface area contributed by atoms with Crippen molar-refractivity contribution < 1.29 is 4.79 Å².